The van der Waals surface area contributed by atoms with Crippen LogP contribution in [0.5, 0.6) is 5.75 Å². The van der Waals surface area contributed by atoms with Crippen molar-refractivity contribution in [2.75, 3.05) is 12.4 Å². The van der Waals surface area contributed by atoms with Gasteiger partial charge >= 0.3 is 5.97 Å². The maximum atomic E-state index is 12.3. The van der Waals surface area contributed by atoms with E-state index in [-0.39, 0.29) is 0 Å². The van der Waals surface area contributed by atoms with Gasteiger partial charge in [0.05, 0.1) is 23.5 Å². The summed E-state index contributed by atoms with van der Waals surface area (Å²) in [6.45, 7) is 6.99. The van der Waals surface area contributed by atoms with Crippen LogP contribution in [0.3, 0.4) is 0 Å². The summed E-state index contributed by atoms with van der Waals surface area (Å²) in [5.74, 6) is -0.426. The second-order valence-electron chi connectivity index (χ2n) is 5.39. The predicted octanol–water partition coefficient (Wildman–Crippen LogP) is 3.26. The van der Waals surface area contributed by atoms with E-state index < -0.39 is 18.0 Å². The van der Waals surface area contributed by atoms with Crippen molar-refractivity contribution in [3.05, 3.63) is 39.3 Å². The molecule has 0 saturated heterocycles. The van der Waals surface area contributed by atoms with Crippen LogP contribution >= 0.6 is 11.3 Å². The minimum atomic E-state index is -0.940. The smallest absolute Gasteiger partial charge is 0.351 e. The molecule has 6 nitrogen and oxygen atoms in total. The van der Waals surface area contributed by atoms with Crippen LogP contribution in [0.15, 0.2) is 18.2 Å². The van der Waals surface area contributed by atoms with Crippen molar-refractivity contribution in [2.24, 2.45) is 0 Å². The van der Waals surface area contributed by atoms with Gasteiger partial charge in [-0.15, -0.1) is 11.3 Å². The number of thiazole rings is 1. The van der Waals surface area contributed by atoms with Crippen molar-refractivity contribution >= 4 is 28.9 Å². The first-order chi connectivity index (χ1) is 11.3. The number of hydrogen-bond acceptors (Lipinski definition) is 6. The van der Waals surface area contributed by atoms with Gasteiger partial charge in [0.2, 0.25) is 0 Å². The lowest BCUT2D eigenvalue weighted by molar-refractivity contribution is -0.123. The minimum absolute atomic E-state index is 0.417. The molecule has 1 atom stereocenters. The molecule has 1 aromatic heterocycles. The molecule has 24 heavy (non-hydrogen) atoms. The number of aryl methyl sites for hydroxylation is 3. The first kappa shape index (κ1) is 17.9. The van der Waals surface area contributed by atoms with Crippen LogP contribution in [0.1, 0.15) is 32.9 Å². The Morgan fingerprint density at radius 1 is 1.25 bits per heavy atom. The highest BCUT2D eigenvalue weighted by molar-refractivity contribution is 7.13. The molecule has 0 radical (unpaired) electrons. The highest BCUT2D eigenvalue weighted by Crippen LogP contribution is 2.25. The van der Waals surface area contributed by atoms with Gasteiger partial charge in [-0.3, -0.25) is 4.79 Å². The second kappa shape index (κ2) is 7.44. The van der Waals surface area contributed by atoms with E-state index in [9.17, 15) is 9.59 Å². The Bertz CT molecular complexity index is 770. The largest absolute Gasteiger partial charge is 0.495 e. The van der Waals surface area contributed by atoms with Crippen LogP contribution < -0.4 is 10.1 Å². The molecular formula is C17H20N2O4S. The Hall–Kier alpha value is -2.41. The Kier molecular flexibility index (Phi) is 5.56. The van der Waals surface area contributed by atoms with E-state index in [1.807, 2.05) is 19.9 Å². The molecule has 0 aliphatic rings. The number of esters is 1. The van der Waals surface area contributed by atoms with Gasteiger partial charge in [-0.2, -0.15) is 0 Å². The molecule has 2 rings (SSSR count). The number of carbonyl (C=O) groups is 2. The van der Waals surface area contributed by atoms with Crippen LogP contribution in [-0.2, 0) is 9.53 Å². The number of benzene rings is 1. The zero-order valence-electron chi connectivity index (χ0n) is 14.3. The van der Waals surface area contributed by atoms with Gasteiger partial charge in [-0.05, 0) is 45.4 Å². The number of rotatable bonds is 5. The third-order valence-electron chi connectivity index (χ3n) is 3.35. The van der Waals surface area contributed by atoms with Crippen LogP contribution in [0.4, 0.5) is 5.69 Å². The SMILES string of the molecule is COc1ccc(C)cc1NC(=O)C(C)OC(=O)c1sc(C)nc1C. The number of hydrogen-bond donors (Lipinski definition) is 1. The Labute approximate surface area is 144 Å². The highest BCUT2D eigenvalue weighted by atomic mass is 32.1. The number of nitrogens with one attached hydrogen (secondary N) is 1. The molecule has 128 valence electrons. The molecule has 0 saturated carbocycles. The summed E-state index contributed by atoms with van der Waals surface area (Å²) in [6.07, 6.45) is -0.940. The molecule has 0 bridgehead atoms. The third kappa shape index (κ3) is 4.11. The van der Waals surface area contributed by atoms with Gasteiger partial charge < -0.3 is 14.8 Å². The van der Waals surface area contributed by atoms with Crippen molar-refractivity contribution in [3.63, 3.8) is 0 Å². The van der Waals surface area contributed by atoms with Crippen molar-refractivity contribution in [2.45, 2.75) is 33.8 Å². The van der Waals surface area contributed by atoms with Crippen LogP contribution in [-0.4, -0.2) is 30.1 Å². The highest BCUT2D eigenvalue weighted by Gasteiger charge is 2.23. The van der Waals surface area contributed by atoms with Crippen LogP contribution in [0, 0.1) is 20.8 Å². The lowest BCUT2D eigenvalue weighted by Gasteiger charge is -2.15. The van der Waals surface area contributed by atoms with Gasteiger partial charge in [-0.25, -0.2) is 9.78 Å². The molecule has 0 spiro atoms. The molecule has 1 heterocycles. The number of nitrogens with zero attached hydrogens (tertiary/aromatic N) is 1. The summed E-state index contributed by atoms with van der Waals surface area (Å²) in [7, 11) is 1.53. The van der Waals surface area contributed by atoms with Gasteiger partial charge in [0.1, 0.15) is 10.6 Å². The lowest BCUT2D eigenvalue weighted by Crippen LogP contribution is -2.30. The van der Waals surface area contributed by atoms with Gasteiger partial charge in [0.25, 0.3) is 5.91 Å². The molecular weight excluding hydrogens is 328 g/mol. The van der Waals surface area contributed by atoms with Crippen LogP contribution in [0.2, 0.25) is 0 Å². The zero-order chi connectivity index (χ0) is 17.9. The molecule has 2 aromatic rings. The van der Waals surface area contributed by atoms with E-state index in [1.54, 1.807) is 19.1 Å². The standard InChI is InChI=1S/C17H20N2O4S/c1-9-6-7-14(22-5)13(8-9)19-16(20)11(3)23-17(21)15-10(2)18-12(4)24-15/h6-8,11H,1-5H3,(H,19,20). The summed E-state index contributed by atoms with van der Waals surface area (Å²) in [5.41, 5.74) is 2.12. The number of ether oxygens (including phenoxy) is 2. The van der Waals surface area contributed by atoms with E-state index in [0.717, 1.165) is 10.6 Å². The van der Waals surface area contributed by atoms with Crippen molar-refractivity contribution < 1.29 is 19.1 Å². The second-order valence-corrected chi connectivity index (χ2v) is 6.59. The average Bonchev–Trinajstić information content (AvgIpc) is 2.86. The van der Waals surface area contributed by atoms with E-state index >= 15 is 0 Å². The lowest BCUT2D eigenvalue weighted by atomic mass is 10.2. The fourth-order valence-electron chi connectivity index (χ4n) is 2.14. The Balaban J connectivity index is 2.06. The molecule has 7 heteroatoms. The number of amides is 1. The molecule has 1 aromatic carbocycles. The Morgan fingerprint density at radius 3 is 2.54 bits per heavy atom. The number of aromatic nitrogens is 1. The summed E-state index contributed by atoms with van der Waals surface area (Å²) in [4.78, 5) is 29.1. The minimum Gasteiger partial charge on any atom is -0.495 e. The zero-order valence-corrected chi connectivity index (χ0v) is 15.1. The molecule has 1 N–H and O–H groups in total. The first-order valence-electron chi connectivity index (χ1n) is 7.42. The summed E-state index contributed by atoms with van der Waals surface area (Å²) in [5, 5.41) is 3.50. The molecule has 0 aliphatic heterocycles. The molecule has 1 unspecified atom stereocenters. The maximum Gasteiger partial charge on any atom is 0.351 e. The van der Waals surface area contributed by atoms with E-state index in [1.165, 1.54) is 25.4 Å². The average molecular weight is 348 g/mol. The predicted molar refractivity (Wildman–Crippen MR) is 92.8 cm³/mol. The van der Waals surface area contributed by atoms with Crippen molar-refractivity contribution in [3.8, 4) is 5.75 Å². The molecule has 0 aliphatic carbocycles. The maximum absolute atomic E-state index is 12.3. The van der Waals surface area contributed by atoms with Crippen molar-refractivity contribution in [1.29, 1.82) is 0 Å². The fourth-order valence-corrected chi connectivity index (χ4v) is 2.94. The number of methoxy groups -OCH3 is 1. The van der Waals surface area contributed by atoms with E-state index in [2.05, 4.69) is 10.3 Å². The van der Waals surface area contributed by atoms with Gasteiger partial charge in [0, 0.05) is 0 Å². The topological polar surface area (TPSA) is 77.5 Å². The first-order valence-corrected chi connectivity index (χ1v) is 8.24. The molecule has 0 fully saturated rings. The summed E-state index contributed by atoms with van der Waals surface area (Å²) in [6, 6.07) is 5.44. The quantitative estimate of drug-likeness (QED) is 0.839. The summed E-state index contributed by atoms with van der Waals surface area (Å²) >= 11 is 1.25. The summed E-state index contributed by atoms with van der Waals surface area (Å²) < 4.78 is 10.5. The normalized spacial score (nSPS) is 11.7. The fraction of sp³-hybridized carbons (Fsp3) is 0.353. The van der Waals surface area contributed by atoms with Crippen molar-refractivity contribution in [1.82, 2.24) is 4.98 Å². The number of anilines is 1. The van der Waals surface area contributed by atoms with Crippen LogP contribution in [0.25, 0.3) is 0 Å². The monoisotopic (exact) mass is 348 g/mol. The molecule has 1 amide bonds. The van der Waals surface area contributed by atoms with E-state index in [4.69, 9.17) is 9.47 Å². The van der Waals surface area contributed by atoms with Gasteiger partial charge in [0.15, 0.2) is 6.10 Å². The third-order valence-corrected chi connectivity index (χ3v) is 4.41. The van der Waals surface area contributed by atoms with Gasteiger partial charge in [-0.1, -0.05) is 6.07 Å². The van der Waals surface area contributed by atoms with E-state index in [0.29, 0.717) is 22.0 Å². The Morgan fingerprint density at radius 2 is 1.96 bits per heavy atom. The number of carbonyl (C=O) groups excluding carboxylic acids is 2.